The summed E-state index contributed by atoms with van der Waals surface area (Å²) < 4.78 is 13.7. The van der Waals surface area contributed by atoms with E-state index >= 15 is 0 Å². The average Bonchev–Trinajstić information content (AvgIpc) is 2.77. The lowest BCUT2D eigenvalue weighted by molar-refractivity contribution is -0.137. The molecule has 33 heavy (non-hydrogen) atoms. The van der Waals surface area contributed by atoms with Crippen LogP contribution in [-0.2, 0) is 19.2 Å². The number of hydrazine groups is 2. The van der Waals surface area contributed by atoms with Crippen molar-refractivity contribution in [3.05, 3.63) is 21.1 Å². The second-order valence-electron chi connectivity index (χ2n) is 6.78. The Labute approximate surface area is 204 Å². The number of unbranched alkanes of at least 4 members (excludes halogenated alkanes) is 1. The third-order valence-electron chi connectivity index (χ3n) is 4.06. The van der Waals surface area contributed by atoms with Gasteiger partial charge in [-0.2, -0.15) is 4.39 Å². The van der Waals surface area contributed by atoms with Crippen molar-refractivity contribution in [1.82, 2.24) is 26.6 Å². The molecule has 1 aromatic rings. The number of Topliss-reactive ketones (excluding diaryl/α,β-unsaturated/α-hetero) is 3. The molecule has 0 aromatic carbocycles. The van der Waals surface area contributed by atoms with Crippen LogP contribution in [0.2, 0.25) is 15.2 Å². The number of halogens is 4. The Morgan fingerprint density at radius 3 is 2.33 bits per heavy atom. The molecule has 1 atom stereocenters. The number of anilines is 1. The van der Waals surface area contributed by atoms with Crippen LogP contribution in [0.3, 0.4) is 0 Å². The second-order valence-corrected chi connectivity index (χ2v) is 7.89. The minimum absolute atomic E-state index is 0.109. The smallest absolute Gasteiger partial charge is 0.235 e. The Kier molecular flexibility index (Phi) is 13.3. The van der Waals surface area contributed by atoms with E-state index in [4.69, 9.17) is 40.5 Å². The Bertz CT molecular complexity index is 850. The fraction of sp³-hybridized carbons (Fsp3) is 0.500. The zero-order chi connectivity index (χ0) is 25.0. The molecule has 1 aromatic heterocycles. The lowest BCUT2D eigenvalue weighted by atomic mass is 10.0. The van der Waals surface area contributed by atoms with Gasteiger partial charge < -0.3 is 16.5 Å². The summed E-state index contributed by atoms with van der Waals surface area (Å²) in [4.78, 5) is 50.6. The minimum Gasteiger partial charge on any atom is -0.348 e. The monoisotopic (exact) mass is 527 g/mol. The summed E-state index contributed by atoms with van der Waals surface area (Å²) >= 11 is 17.6. The van der Waals surface area contributed by atoms with Crippen molar-refractivity contribution >= 4 is 63.7 Å². The maximum absolute atomic E-state index is 13.7. The van der Waals surface area contributed by atoms with Crippen molar-refractivity contribution < 1.29 is 23.6 Å². The van der Waals surface area contributed by atoms with Crippen LogP contribution in [-0.4, -0.2) is 60.5 Å². The SMILES string of the molecule is CC(=O)CNC(=O)CNNCC(=O)C(=O)[C@H](CCCCN)NNc1c(Cl)c(F)nc(Cl)c1Cl. The van der Waals surface area contributed by atoms with E-state index in [1.54, 1.807) is 0 Å². The molecule has 1 heterocycles. The van der Waals surface area contributed by atoms with Gasteiger partial charge in [-0.25, -0.2) is 21.3 Å². The van der Waals surface area contributed by atoms with Crippen molar-refractivity contribution in [3.8, 4) is 0 Å². The van der Waals surface area contributed by atoms with Crippen LogP contribution in [0.25, 0.3) is 0 Å². The molecular formula is C18H25Cl3FN7O4. The highest BCUT2D eigenvalue weighted by atomic mass is 35.5. The first-order chi connectivity index (χ1) is 15.6. The van der Waals surface area contributed by atoms with Gasteiger partial charge in [0.05, 0.1) is 31.4 Å². The fourth-order valence-corrected chi connectivity index (χ4v) is 2.96. The molecule has 1 amide bonds. The highest BCUT2D eigenvalue weighted by Gasteiger charge is 2.26. The third kappa shape index (κ3) is 10.3. The predicted octanol–water partition coefficient (Wildman–Crippen LogP) is 0.533. The van der Waals surface area contributed by atoms with Gasteiger partial charge in [-0.15, -0.1) is 0 Å². The summed E-state index contributed by atoms with van der Waals surface area (Å²) in [5.41, 5.74) is 15.4. The molecule has 0 saturated carbocycles. The van der Waals surface area contributed by atoms with E-state index in [1.807, 2.05) is 0 Å². The number of hydrogen-bond acceptors (Lipinski definition) is 10. The summed E-state index contributed by atoms with van der Waals surface area (Å²) in [7, 11) is 0. The zero-order valence-corrected chi connectivity index (χ0v) is 20.0. The molecule has 184 valence electrons. The highest BCUT2D eigenvalue weighted by Crippen LogP contribution is 2.35. The number of hydrogen-bond donors (Lipinski definition) is 6. The Balaban J connectivity index is 2.68. The Morgan fingerprint density at radius 2 is 1.70 bits per heavy atom. The van der Waals surface area contributed by atoms with E-state index in [-0.39, 0.29) is 41.2 Å². The molecule has 7 N–H and O–H groups in total. The molecule has 0 bridgehead atoms. The van der Waals surface area contributed by atoms with Gasteiger partial charge in [0.1, 0.15) is 15.8 Å². The van der Waals surface area contributed by atoms with E-state index in [2.05, 4.69) is 32.0 Å². The quantitative estimate of drug-likeness (QED) is 0.0771. The molecule has 0 unspecified atom stereocenters. The van der Waals surface area contributed by atoms with Crippen LogP contribution >= 0.6 is 34.8 Å². The van der Waals surface area contributed by atoms with Crippen molar-refractivity contribution in [2.45, 2.75) is 32.2 Å². The van der Waals surface area contributed by atoms with Crippen molar-refractivity contribution in [2.75, 3.05) is 31.6 Å². The summed E-state index contributed by atoms with van der Waals surface area (Å²) in [6, 6.07) is -1.02. The van der Waals surface area contributed by atoms with Crippen LogP contribution in [0, 0.1) is 5.95 Å². The predicted molar refractivity (Wildman–Crippen MR) is 122 cm³/mol. The Morgan fingerprint density at radius 1 is 1.03 bits per heavy atom. The van der Waals surface area contributed by atoms with Gasteiger partial charge in [-0.3, -0.25) is 19.2 Å². The lowest BCUT2D eigenvalue weighted by Crippen LogP contribution is -2.49. The van der Waals surface area contributed by atoms with E-state index < -0.39 is 41.0 Å². The van der Waals surface area contributed by atoms with Crippen LogP contribution in [0.1, 0.15) is 26.2 Å². The first-order valence-electron chi connectivity index (χ1n) is 9.78. The normalized spacial score (nSPS) is 11.7. The second kappa shape index (κ2) is 15.1. The van der Waals surface area contributed by atoms with Gasteiger partial charge in [-0.1, -0.05) is 41.2 Å². The van der Waals surface area contributed by atoms with Gasteiger partial charge in [0.15, 0.2) is 5.15 Å². The summed E-state index contributed by atoms with van der Waals surface area (Å²) in [5.74, 6) is -3.34. The largest absolute Gasteiger partial charge is 0.348 e. The molecule has 0 fully saturated rings. The Hall–Kier alpha value is -1.93. The third-order valence-corrected chi connectivity index (χ3v) is 5.15. The molecule has 11 nitrogen and oxygen atoms in total. The first kappa shape index (κ1) is 29.1. The molecule has 0 aliphatic heterocycles. The number of pyridine rings is 1. The number of nitrogens with two attached hydrogens (primary N) is 1. The summed E-state index contributed by atoms with van der Waals surface area (Å²) in [6.07, 6.45) is 1.35. The number of aromatic nitrogens is 1. The van der Waals surface area contributed by atoms with E-state index in [0.717, 1.165) is 0 Å². The molecule has 0 aliphatic carbocycles. The molecule has 0 aliphatic rings. The van der Waals surface area contributed by atoms with Gasteiger partial charge in [0.2, 0.25) is 23.4 Å². The van der Waals surface area contributed by atoms with Crippen molar-refractivity contribution in [2.24, 2.45) is 5.73 Å². The number of carbonyl (C=O) groups excluding carboxylic acids is 4. The minimum atomic E-state index is -1.07. The zero-order valence-electron chi connectivity index (χ0n) is 17.7. The first-order valence-corrected chi connectivity index (χ1v) is 10.9. The van der Waals surface area contributed by atoms with Crippen molar-refractivity contribution in [3.63, 3.8) is 0 Å². The molecule has 15 heteroatoms. The molecule has 0 radical (unpaired) electrons. The van der Waals surface area contributed by atoms with Crippen LogP contribution in [0.4, 0.5) is 10.1 Å². The molecule has 0 spiro atoms. The van der Waals surface area contributed by atoms with Crippen LogP contribution < -0.4 is 32.8 Å². The molecule has 0 saturated heterocycles. The standard InChI is InChI=1S/C18H25Cl3FN7O4/c1-9(30)6-24-12(32)8-26-25-7-11(31)16(33)10(4-2-3-5-23)28-29-15-13(19)17(21)27-18(22)14(15)20/h10,25-26,28H,2-8,23H2,1H3,(H,24,32)(H,27,29)/t10-/m0/s1. The number of nitrogens with zero attached hydrogens (tertiary/aromatic N) is 1. The number of nitrogens with one attached hydrogen (secondary N) is 5. The maximum atomic E-state index is 13.7. The summed E-state index contributed by atoms with van der Waals surface area (Å²) in [5, 5.41) is 1.39. The number of amides is 1. The number of rotatable bonds is 16. The van der Waals surface area contributed by atoms with Gasteiger partial charge in [0.25, 0.3) is 0 Å². The number of carbonyl (C=O) groups is 4. The number of ketones is 3. The van der Waals surface area contributed by atoms with Crippen LogP contribution in [0.5, 0.6) is 0 Å². The topological polar surface area (TPSA) is 167 Å². The lowest BCUT2D eigenvalue weighted by Gasteiger charge is -2.20. The molecule has 1 rings (SSSR count). The summed E-state index contributed by atoms with van der Waals surface area (Å²) in [6.45, 7) is 0.972. The van der Waals surface area contributed by atoms with Crippen molar-refractivity contribution in [1.29, 1.82) is 0 Å². The fourth-order valence-electron chi connectivity index (χ4n) is 2.37. The van der Waals surface area contributed by atoms with Gasteiger partial charge >= 0.3 is 0 Å². The highest BCUT2D eigenvalue weighted by molar-refractivity contribution is 6.45. The van der Waals surface area contributed by atoms with Gasteiger partial charge in [-0.05, 0) is 26.3 Å². The van der Waals surface area contributed by atoms with E-state index in [9.17, 15) is 23.6 Å². The van der Waals surface area contributed by atoms with Crippen LogP contribution in [0.15, 0.2) is 0 Å². The van der Waals surface area contributed by atoms with Gasteiger partial charge in [0, 0.05) is 0 Å². The van der Waals surface area contributed by atoms with E-state index in [1.165, 1.54) is 6.92 Å². The average molecular weight is 529 g/mol. The van der Waals surface area contributed by atoms with E-state index in [0.29, 0.717) is 19.4 Å². The molecular weight excluding hydrogens is 504 g/mol. The maximum Gasteiger partial charge on any atom is 0.235 e.